The molecule has 2 atom stereocenters. The van der Waals surface area contributed by atoms with Gasteiger partial charge in [-0.15, -0.1) is 0 Å². The minimum absolute atomic E-state index is 0.0256. The number of nitrogens with zero attached hydrogens (tertiary/aromatic N) is 2. The molecule has 1 fully saturated rings. The summed E-state index contributed by atoms with van der Waals surface area (Å²) in [6.45, 7) is 8.06. The van der Waals surface area contributed by atoms with E-state index in [1.807, 2.05) is 4.90 Å². The summed E-state index contributed by atoms with van der Waals surface area (Å²) in [4.78, 5) is 26.9. The lowest BCUT2D eigenvalue weighted by atomic mass is 9.92. The molecule has 0 saturated carbocycles. The molecule has 24 heavy (non-hydrogen) atoms. The molecule has 1 amide bonds. The standard InChI is InChI=1S/C18H24N2O4/c1-4-23-18(22)15-8-16-14(5-6-24-16)20(15)11-17(21)19-9-12(2)7-13(3)10-19/h5-6,8,12-13H,4,7,9-11H2,1-3H3/t12-,13+. The number of fused-ring (bicyclic) bond motifs is 1. The van der Waals surface area contributed by atoms with Crippen LogP contribution in [-0.4, -0.2) is 41.0 Å². The van der Waals surface area contributed by atoms with Gasteiger partial charge in [-0.2, -0.15) is 0 Å². The maximum absolute atomic E-state index is 12.8. The number of hydrogen-bond donors (Lipinski definition) is 0. The summed E-state index contributed by atoms with van der Waals surface area (Å²) < 4.78 is 12.2. The van der Waals surface area contributed by atoms with E-state index in [4.69, 9.17) is 9.15 Å². The Balaban J connectivity index is 1.85. The summed E-state index contributed by atoms with van der Waals surface area (Å²) >= 11 is 0. The molecule has 0 unspecified atom stereocenters. The maximum Gasteiger partial charge on any atom is 0.355 e. The molecule has 2 aromatic rings. The predicted molar refractivity (Wildman–Crippen MR) is 89.7 cm³/mol. The van der Waals surface area contributed by atoms with Gasteiger partial charge in [0.1, 0.15) is 12.2 Å². The lowest BCUT2D eigenvalue weighted by molar-refractivity contribution is -0.134. The second kappa shape index (κ2) is 6.71. The third-order valence-corrected chi connectivity index (χ3v) is 4.52. The van der Waals surface area contributed by atoms with Crippen molar-refractivity contribution in [3.05, 3.63) is 24.1 Å². The van der Waals surface area contributed by atoms with Crippen LogP contribution in [0.25, 0.3) is 11.1 Å². The number of amides is 1. The highest BCUT2D eigenvalue weighted by Crippen LogP contribution is 2.24. The third-order valence-electron chi connectivity index (χ3n) is 4.52. The van der Waals surface area contributed by atoms with Crippen molar-refractivity contribution < 1.29 is 18.7 Å². The van der Waals surface area contributed by atoms with Crippen molar-refractivity contribution in [2.24, 2.45) is 11.8 Å². The Morgan fingerprint density at radius 2 is 2.00 bits per heavy atom. The second-order valence-electron chi connectivity index (χ2n) is 6.75. The monoisotopic (exact) mass is 332 g/mol. The number of carbonyl (C=O) groups excluding carboxylic acids is 2. The number of aromatic nitrogens is 1. The van der Waals surface area contributed by atoms with Gasteiger partial charge in [0.25, 0.3) is 0 Å². The van der Waals surface area contributed by atoms with Crippen molar-refractivity contribution in [2.75, 3.05) is 19.7 Å². The number of esters is 1. The Hall–Kier alpha value is -2.24. The number of rotatable bonds is 4. The minimum atomic E-state index is -0.433. The zero-order valence-electron chi connectivity index (χ0n) is 14.4. The molecule has 2 aromatic heterocycles. The summed E-state index contributed by atoms with van der Waals surface area (Å²) in [5, 5.41) is 0. The van der Waals surface area contributed by atoms with E-state index in [0.717, 1.165) is 25.0 Å². The van der Waals surface area contributed by atoms with Gasteiger partial charge in [-0.1, -0.05) is 13.8 Å². The van der Waals surface area contributed by atoms with Gasteiger partial charge in [0, 0.05) is 25.2 Å². The highest BCUT2D eigenvalue weighted by atomic mass is 16.5. The van der Waals surface area contributed by atoms with E-state index in [9.17, 15) is 9.59 Å². The topological polar surface area (TPSA) is 64.7 Å². The predicted octanol–water partition coefficient (Wildman–Crippen LogP) is 2.92. The highest BCUT2D eigenvalue weighted by molar-refractivity contribution is 5.95. The van der Waals surface area contributed by atoms with Crippen LogP contribution in [0.4, 0.5) is 0 Å². The molecule has 0 bridgehead atoms. The summed E-state index contributed by atoms with van der Waals surface area (Å²) in [6, 6.07) is 3.41. The van der Waals surface area contributed by atoms with Crippen LogP contribution >= 0.6 is 0 Å². The first kappa shape index (κ1) is 16.6. The first-order chi connectivity index (χ1) is 11.5. The van der Waals surface area contributed by atoms with Crippen LogP contribution in [0.15, 0.2) is 22.8 Å². The fourth-order valence-electron chi connectivity index (χ4n) is 3.62. The fraction of sp³-hybridized carbons (Fsp3) is 0.556. The maximum atomic E-state index is 12.8. The smallest absolute Gasteiger partial charge is 0.355 e. The molecule has 0 radical (unpaired) electrons. The van der Waals surface area contributed by atoms with Gasteiger partial charge in [-0.3, -0.25) is 4.79 Å². The van der Waals surface area contributed by atoms with E-state index in [1.165, 1.54) is 0 Å². The van der Waals surface area contributed by atoms with Crippen LogP contribution in [-0.2, 0) is 16.1 Å². The van der Waals surface area contributed by atoms with Gasteiger partial charge in [-0.05, 0) is 25.2 Å². The van der Waals surface area contributed by atoms with Crippen LogP contribution in [0, 0.1) is 11.8 Å². The number of piperidine rings is 1. The van der Waals surface area contributed by atoms with Crippen molar-refractivity contribution in [1.29, 1.82) is 0 Å². The van der Waals surface area contributed by atoms with Crippen LogP contribution in [0.5, 0.6) is 0 Å². The average molecular weight is 332 g/mol. The summed E-state index contributed by atoms with van der Waals surface area (Å²) in [5.74, 6) is 0.594. The Morgan fingerprint density at radius 1 is 1.29 bits per heavy atom. The molecule has 0 aliphatic carbocycles. The molecule has 0 spiro atoms. The Kier molecular flexibility index (Phi) is 4.64. The van der Waals surface area contributed by atoms with Crippen molar-refractivity contribution >= 4 is 23.0 Å². The molecule has 3 rings (SSSR count). The molecule has 0 N–H and O–H groups in total. The minimum Gasteiger partial charge on any atom is -0.463 e. The number of carbonyl (C=O) groups is 2. The largest absolute Gasteiger partial charge is 0.463 e. The summed E-state index contributed by atoms with van der Waals surface area (Å²) in [5.41, 5.74) is 1.69. The first-order valence-electron chi connectivity index (χ1n) is 8.51. The van der Waals surface area contributed by atoms with Crippen LogP contribution in [0.2, 0.25) is 0 Å². The number of ether oxygens (including phenoxy) is 1. The van der Waals surface area contributed by atoms with Crippen LogP contribution in [0.1, 0.15) is 37.7 Å². The molecule has 0 aromatic carbocycles. The SMILES string of the molecule is CCOC(=O)c1cc2occc2n1CC(=O)N1C[C@H](C)C[C@H](C)C1. The van der Waals surface area contributed by atoms with Crippen LogP contribution < -0.4 is 0 Å². The van der Waals surface area contributed by atoms with Crippen molar-refractivity contribution in [2.45, 2.75) is 33.7 Å². The lowest BCUT2D eigenvalue weighted by Gasteiger charge is -2.35. The molecular formula is C18H24N2O4. The number of furan rings is 1. The van der Waals surface area contributed by atoms with Gasteiger partial charge < -0.3 is 18.6 Å². The molecule has 6 heteroatoms. The molecule has 6 nitrogen and oxygen atoms in total. The molecule has 1 aliphatic heterocycles. The van der Waals surface area contributed by atoms with E-state index >= 15 is 0 Å². The molecule has 1 aliphatic rings. The quantitative estimate of drug-likeness (QED) is 0.808. The lowest BCUT2D eigenvalue weighted by Crippen LogP contribution is -2.44. The number of hydrogen-bond acceptors (Lipinski definition) is 4. The molecular weight excluding hydrogens is 308 g/mol. The van der Waals surface area contributed by atoms with Gasteiger partial charge in [0.15, 0.2) is 5.58 Å². The normalized spacial score (nSPS) is 21.2. The Morgan fingerprint density at radius 3 is 2.67 bits per heavy atom. The van der Waals surface area contributed by atoms with Gasteiger partial charge in [-0.25, -0.2) is 4.79 Å². The molecule has 1 saturated heterocycles. The Bertz CT molecular complexity index is 735. The van der Waals surface area contributed by atoms with E-state index in [2.05, 4.69) is 13.8 Å². The fourth-order valence-corrected chi connectivity index (χ4v) is 3.62. The summed E-state index contributed by atoms with van der Waals surface area (Å²) in [6.07, 6.45) is 2.71. The van der Waals surface area contributed by atoms with E-state index in [1.54, 1.807) is 29.9 Å². The Labute approximate surface area is 141 Å². The van der Waals surface area contributed by atoms with Gasteiger partial charge in [0.05, 0.1) is 18.4 Å². The molecule has 3 heterocycles. The zero-order chi connectivity index (χ0) is 17.3. The highest BCUT2D eigenvalue weighted by Gasteiger charge is 2.27. The summed E-state index contributed by atoms with van der Waals surface area (Å²) in [7, 11) is 0. The van der Waals surface area contributed by atoms with Gasteiger partial charge in [0.2, 0.25) is 5.91 Å². The van der Waals surface area contributed by atoms with Crippen LogP contribution in [0.3, 0.4) is 0 Å². The van der Waals surface area contributed by atoms with E-state index in [-0.39, 0.29) is 12.5 Å². The van der Waals surface area contributed by atoms with Gasteiger partial charge >= 0.3 is 5.97 Å². The van der Waals surface area contributed by atoms with Crippen molar-refractivity contribution in [3.63, 3.8) is 0 Å². The third kappa shape index (κ3) is 3.18. The number of likely N-dealkylation sites (tertiary alicyclic amines) is 1. The zero-order valence-corrected chi connectivity index (χ0v) is 14.4. The van der Waals surface area contributed by atoms with E-state index < -0.39 is 5.97 Å². The molecule has 130 valence electrons. The average Bonchev–Trinajstić information content (AvgIpc) is 3.09. The van der Waals surface area contributed by atoms with Crippen molar-refractivity contribution in [3.8, 4) is 0 Å². The first-order valence-corrected chi connectivity index (χ1v) is 8.51. The van der Waals surface area contributed by atoms with Crippen molar-refractivity contribution in [1.82, 2.24) is 9.47 Å². The second-order valence-corrected chi connectivity index (χ2v) is 6.75. The van der Waals surface area contributed by atoms with E-state index in [0.29, 0.717) is 29.7 Å².